The Balaban J connectivity index is 1.93. The number of hydrogen-bond acceptors (Lipinski definition) is 8. The van der Waals surface area contributed by atoms with Crippen molar-refractivity contribution in [1.82, 2.24) is 19.9 Å². The van der Waals surface area contributed by atoms with Crippen molar-refractivity contribution in [3.8, 4) is 11.5 Å². The minimum atomic E-state index is 0.625. The van der Waals surface area contributed by atoms with Gasteiger partial charge in [-0.1, -0.05) is 0 Å². The van der Waals surface area contributed by atoms with Crippen molar-refractivity contribution >= 4 is 21.6 Å². The summed E-state index contributed by atoms with van der Waals surface area (Å²) in [5.41, 5.74) is 0. The molecule has 0 spiro atoms. The van der Waals surface area contributed by atoms with Gasteiger partial charge in [0.2, 0.25) is 0 Å². The summed E-state index contributed by atoms with van der Waals surface area (Å²) in [6, 6.07) is 0. The molecule has 0 aliphatic rings. The second-order valence-electron chi connectivity index (χ2n) is 2.98. The predicted octanol–water partition coefficient (Wildman–Crippen LogP) is 2.08. The van der Waals surface area contributed by atoms with E-state index in [9.17, 15) is 0 Å². The van der Waals surface area contributed by atoms with Crippen molar-refractivity contribution in [2.45, 2.75) is 10.3 Å². The normalized spacial score (nSPS) is 10.1. The van der Waals surface area contributed by atoms with Crippen LogP contribution in [0.3, 0.4) is 0 Å². The standard InChI is InChI=1S/C10H10N4O2S2/c1-15-7-3-11-9(12-4-7)17-18-10-13-5-8(16-2)6-14-10/h3-6H,1-2H3. The monoisotopic (exact) mass is 282 g/mol. The van der Waals surface area contributed by atoms with Crippen molar-refractivity contribution in [3.63, 3.8) is 0 Å². The highest BCUT2D eigenvalue weighted by Crippen LogP contribution is 2.33. The van der Waals surface area contributed by atoms with Gasteiger partial charge in [-0.25, -0.2) is 19.9 Å². The molecule has 2 heterocycles. The van der Waals surface area contributed by atoms with E-state index in [-0.39, 0.29) is 0 Å². The molecule has 0 saturated carbocycles. The molecule has 18 heavy (non-hydrogen) atoms. The van der Waals surface area contributed by atoms with Gasteiger partial charge in [-0.3, -0.25) is 0 Å². The topological polar surface area (TPSA) is 70.0 Å². The third-order valence-corrected chi connectivity index (χ3v) is 3.82. The number of nitrogens with zero attached hydrogens (tertiary/aromatic N) is 4. The van der Waals surface area contributed by atoms with Crippen molar-refractivity contribution < 1.29 is 9.47 Å². The van der Waals surface area contributed by atoms with Crippen molar-refractivity contribution in [2.24, 2.45) is 0 Å². The minimum absolute atomic E-state index is 0.625. The largest absolute Gasteiger partial charge is 0.494 e. The van der Waals surface area contributed by atoms with E-state index in [2.05, 4.69) is 19.9 Å². The second kappa shape index (κ2) is 6.41. The lowest BCUT2D eigenvalue weighted by Crippen LogP contribution is -1.89. The highest BCUT2D eigenvalue weighted by atomic mass is 33.1. The minimum Gasteiger partial charge on any atom is -0.494 e. The van der Waals surface area contributed by atoms with Gasteiger partial charge < -0.3 is 9.47 Å². The van der Waals surface area contributed by atoms with E-state index < -0.39 is 0 Å². The zero-order chi connectivity index (χ0) is 12.8. The van der Waals surface area contributed by atoms with E-state index in [1.165, 1.54) is 21.6 Å². The van der Waals surface area contributed by atoms with Gasteiger partial charge in [0.05, 0.1) is 39.0 Å². The summed E-state index contributed by atoms with van der Waals surface area (Å²) in [5, 5.41) is 1.25. The zero-order valence-electron chi connectivity index (χ0n) is 9.73. The molecule has 2 rings (SSSR count). The van der Waals surface area contributed by atoms with Crippen LogP contribution in [0.5, 0.6) is 11.5 Å². The van der Waals surface area contributed by atoms with Gasteiger partial charge in [-0.05, 0) is 21.6 Å². The van der Waals surface area contributed by atoms with E-state index in [1.54, 1.807) is 39.0 Å². The molecule has 0 amide bonds. The molecule has 0 aliphatic carbocycles. The smallest absolute Gasteiger partial charge is 0.199 e. The average Bonchev–Trinajstić information content (AvgIpc) is 2.46. The Morgan fingerprint density at radius 1 is 0.722 bits per heavy atom. The maximum Gasteiger partial charge on any atom is 0.199 e. The predicted molar refractivity (Wildman–Crippen MR) is 68.9 cm³/mol. The molecule has 0 aliphatic heterocycles. The van der Waals surface area contributed by atoms with E-state index in [1.807, 2.05) is 0 Å². The first-order chi connectivity index (χ1) is 8.81. The number of methoxy groups -OCH3 is 2. The molecule has 6 nitrogen and oxygen atoms in total. The average molecular weight is 282 g/mol. The third-order valence-electron chi connectivity index (χ3n) is 1.87. The Bertz CT molecular complexity index is 445. The van der Waals surface area contributed by atoms with Crippen LogP contribution in [-0.2, 0) is 0 Å². The highest BCUT2D eigenvalue weighted by Gasteiger charge is 2.03. The van der Waals surface area contributed by atoms with Gasteiger partial charge in [0.25, 0.3) is 0 Å². The van der Waals surface area contributed by atoms with Gasteiger partial charge in [-0.2, -0.15) is 0 Å². The van der Waals surface area contributed by atoms with Crippen LogP contribution in [0.2, 0.25) is 0 Å². The number of aromatic nitrogens is 4. The Morgan fingerprint density at radius 2 is 1.06 bits per heavy atom. The molecule has 0 radical (unpaired) electrons. The summed E-state index contributed by atoms with van der Waals surface area (Å²) in [7, 11) is 5.91. The lowest BCUT2D eigenvalue weighted by molar-refractivity contribution is 0.409. The Labute approximate surface area is 112 Å². The fourth-order valence-electron chi connectivity index (χ4n) is 0.980. The van der Waals surface area contributed by atoms with Gasteiger partial charge >= 0.3 is 0 Å². The lowest BCUT2D eigenvalue weighted by Gasteiger charge is -2.01. The van der Waals surface area contributed by atoms with Gasteiger partial charge in [0.15, 0.2) is 21.8 Å². The molecular weight excluding hydrogens is 272 g/mol. The van der Waals surface area contributed by atoms with E-state index >= 15 is 0 Å². The van der Waals surface area contributed by atoms with Crippen LogP contribution in [0.25, 0.3) is 0 Å². The fraction of sp³-hybridized carbons (Fsp3) is 0.200. The maximum absolute atomic E-state index is 4.98. The van der Waals surface area contributed by atoms with Crippen LogP contribution < -0.4 is 9.47 Å². The molecule has 94 valence electrons. The number of rotatable bonds is 5. The quantitative estimate of drug-likeness (QED) is 0.610. The summed E-state index contributed by atoms with van der Waals surface area (Å²) >= 11 is 0. The Morgan fingerprint density at radius 3 is 1.33 bits per heavy atom. The third kappa shape index (κ3) is 3.47. The molecule has 0 aromatic carbocycles. The van der Waals surface area contributed by atoms with Gasteiger partial charge in [0, 0.05) is 0 Å². The number of hydrogen-bond donors (Lipinski definition) is 0. The van der Waals surface area contributed by atoms with Crippen LogP contribution in [0.1, 0.15) is 0 Å². The second-order valence-corrected chi connectivity index (χ2v) is 5.04. The summed E-state index contributed by atoms with van der Waals surface area (Å²) in [5.74, 6) is 1.26. The molecule has 8 heteroatoms. The Hall–Kier alpha value is -1.54. The highest BCUT2D eigenvalue weighted by molar-refractivity contribution is 8.76. The molecular formula is C10H10N4O2S2. The summed E-state index contributed by atoms with van der Waals surface area (Å²) in [4.78, 5) is 16.5. The Kier molecular flexibility index (Phi) is 4.59. The first kappa shape index (κ1) is 12.9. The van der Waals surface area contributed by atoms with Gasteiger partial charge in [-0.15, -0.1) is 0 Å². The first-order valence-corrected chi connectivity index (χ1v) is 7.03. The van der Waals surface area contributed by atoms with Crippen LogP contribution >= 0.6 is 21.6 Å². The summed E-state index contributed by atoms with van der Waals surface area (Å²) < 4.78 is 9.96. The lowest BCUT2D eigenvalue weighted by atomic mass is 10.6. The van der Waals surface area contributed by atoms with Crippen molar-refractivity contribution in [3.05, 3.63) is 24.8 Å². The van der Waals surface area contributed by atoms with E-state index in [0.717, 1.165) is 0 Å². The molecule has 0 bridgehead atoms. The first-order valence-electron chi connectivity index (χ1n) is 4.88. The summed E-state index contributed by atoms with van der Waals surface area (Å²) in [6.07, 6.45) is 6.46. The van der Waals surface area contributed by atoms with Crippen LogP contribution in [0.4, 0.5) is 0 Å². The molecule has 0 saturated heterocycles. The summed E-state index contributed by atoms with van der Waals surface area (Å²) in [6.45, 7) is 0. The maximum atomic E-state index is 4.98. The van der Waals surface area contributed by atoms with E-state index in [0.29, 0.717) is 21.8 Å². The van der Waals surface area contributed by atoms with Crippen LogP contribution in [0.15, 0.2) is 35.1 Å². The SMILES string of the molecule is COc1cnc(SSc2ncc(OC)cn2)nc1. The van der Waals surface area contributed by atoms with Crippen LogP contribution in [-0.4, -0.2) is 34.2 Å². The molecule has 0 fully saturated rings. The van der Waals surface area contributed by atoms with E-state index in [4.69, 9.17) is 9.47 Å². The zero-order valence-corrected chi connectivity index (χ0v) is 11.4. The van der Waals surface area contributed by atoms with Crippen molar-refractivity contribution in [1.29, 1.82) is 0 Å². The molecule has 2 aromatic heterocycles. The van der Waals surface area contributed by atoms with Crippen molar-refractivity contribution in [2.75, 3.05) is 14.2 Å². The molecule has 2 aromatic rings. The molecule has 0 atom stereocenters. The number of ether oxygens (including phenoxy) is 2. The van der Waals surface area contributed by atoms with Gasteiger partial charge in [0.1, 0.15) is 0 Å². The van der Waals surface area contributed by atoms with Crippen LogP contribution in [0, 0.1) is 0 Å². The molecule has 0 unspecified atom stereocenters. The molecule has 0 N–H and O–H groups in total. The fourth-order valence-corrected chi connectivity index (χ4v) is 2.48.